The number of nitrogens with zero attached hydrogens (tertiary/aromatic N) is 3. The second-order valence-corrected chi connectivity index (χ2v) is 8.12. The monoisotopic (exact) mass is 378 g/mol. The molecule has 2 aromatic heterocycles. The van der Waals surface area contributed by atoms with Crippen LogP contribution in [0.4, 0.5) is 0 Å². The van der Waals surface area contributed by atoms with Crippen molar-refractivity contribution in [3.63, 3.8) is 0 Å². The zero-order chi connectivity index (χ0) is 19.2. The van der Waals surface area contributed by atoms with Crippen LogP contribution in [0.1, 0.15) is 11.1 Å². The second kappa shape index (κ2) is 6.29. The van der Waals surface area contributed by atoms with Crippen LogP contribution in [-0.2, 0) is 10.0 Å². The first-order valence-electron chi connectivity index (χ1n) is 8.37. The molecule has 2 heterocycles. The Morgan fingerprint density at radius 3 is 2.33 bits per heavy atom. The number of primary sulfonamides is 1. The first kappa shape index (κ1) is 17.4. The summed E-state index contributed by atoms with van der Waals surface area (Å²) in [5, 5.41) is 9.63. The molecule has 27 heavy (non-hydrogen) atoms. The highest BCUT2D eigenvalue weighted by Crippen LogP contribution is 2.29. The molecule has 0 saturated heterocycles. The Labute approximate surface area is 157 Å². The highest BCUT2D eigenvalue weighted by Gasteiger charge is 2.14. The fourth-order valence-electron chi connectivity index (χ4n) is 3.08. The van der Waals surface area contributed by atoms with Gasteiger partial charge >= 0.3 is 0 Å². The fraction of sp³-hybridized carbons (Fsp3) is 0.100. The van der Waals surface area contributed by atoms with Crippen molar-refractivity contribution in [2.45, 2.75) is 18.7 Å². The van der Waals surface area contributed by atoms with Crippen molar-refractivity contribution in [2.24, 2.45) is 5.14 Å². The van der Waals surface area contributed by atoms with Gasteiger partial charge in [0, 0.05) is 23.5 Å². The highest BCUT2D eigenvalue weighted by atomic mass is 32.2. The SMILES string of the molecule is Cc1ccc(-c2cnc3c(-c4ccc(S(N)(=O)=O)cc4C)cnn3c2)cc1. The standard InChI is InChI=1S/C20H18N4O2S/c1-13-3-5-15(6-4-13)16-10-22-20-19(11-23-24(20)12-16)18-8-7-17(9-14(18)2)27(21,25)26/h3-12H,1-2H3,(H2,21,25,26). The van der Waals surface area contributed by atoms with Crippen LogP contribution in [0.3, 0.4) is 0 Å². The number of rotatable bonds is 3. The minimum Gasteiger partial charge on any atom is -0.236 e. The maximum Gasteiger partial charge on any atom is 0.238 e. The molecule has 0 aliphatic rings. The maximum atomic E-state index is 11.5. The molecule has 0 bridgehead atoms. The van der Waals surface area contributed by atoms with Gasteiger partial charge in [-0.2, -0.15) is 5.10 Å². The Morgan fingerprint density at radius 1 is 0.926 bits per heavy atom. The molecule has 4 rings (SSSR count). The van der Waals surface area contributed by atoms with Gasteiger partial charge in [-0.1, -0.05) is 35.9 Å². The molecule has 7 heteroatoms. The van der Waals surface area contributed by atoms with Gasteiger partial charge in [0.1, 0.15) is 0 Å². The van der Waals surface area contributed by atoms with Crippen LogP contribution >= 0.6 is 0 Å². The van der Waals surface area contributed by atoms with Crippen LogP contribution in [0.2, 0.25) is 0 Å². The second-order valence-electron chi connectivity index (χ2n) is 6.56. The third kappa shape index (κ3) is 3.22. The molecular weight excluding hydrogens is 360 g/mol. The van der Waals surface area contributed by atoms with Gasteiger partial charge in [0.2, 0.25) is 10.0 Å². The number of sulfonamides is 1. The van der Waals surface area contributed by atoms with E-state index in [4.69, 9.17) is 5.14 Å². The van der Waals surface area contributed by atoms with Gasteiger partial charge in [-0.25, -0.2) is 23.1 Å². The Balaban J connectivity index is 1.79. The summed E-state index contributed by atoms with van der Waals surface area (Å²) in [5.74, 6) is 0. The Bertz CT molecular complexity index is 1260. The molecule has 0 radical (unpaired) electrons. The summed E-state index contributed by atoms with van der Waals surface area (Å²) in [6.07, 6.45) is 5.49. The number of benzene rings is 2. The van der Waals surface area contributed by atoms with E-state index in [-0.39, 0.29) is 4.90 Å². The van der Waals surface area contributed by atoms with E-state index < -0.39 is 10.0 Å². The number of hydrogen-bond acceptors (Lipinski definition) is 4. The van der Waals surface area contributed by atoms with Gasteiger partial charge < -0.3 is 0 Å². The molecular formula is C20H18N4O2S. The summed E-state index contributed by atoms with van der Waals surface area (Å²) < 4.78 is 24.8. The molecule has 0 amide bonds. The highest BCUT2D eigenvalue weighted by molar-refractivity contribution is 7.89. The Hall–Kier alpha value is -3.03. The molecule has 0 unspecified atom stereocenters. The fourth-order valence-corrected chi connectivity index (χ4v) is 3.67. The summed E-state index contributed by atoms with van der Waals surface area (Å²) in [6, 6.07) is 13.0. The number of nitrogens with two attached hydrogens (primary N) is 1. The van der Waals surface area contributed by atoms with E-state index >= 15 is 0 Å². The van der Waals surface area contributed by atoms with Crippen molar-refractivity contribution in [3.05, 3.63) is 72.2 Å². The average Bonchev–Trinajstić information content (AvgIpc) is 3.04. The summed E-state index contributed by atoms with van der Waals surface area (Å²) >= 11 is 0. The summed E-state index contributed by atoms with van der Waals surface area (Å²) in [7, 11) is -3.73. The quantitative estimate of drug-likeness (QED) is 0.592. The number of fused-ring (bicyclic) bond motifs is 1. The van der Waals surface area contributed by atoms with Crippen molar-refractivity contribution in [2.75, 3.05) is 0 Å². The van der Waals surface area contributed by atoms with Crippen LogP contribution in [0.25, 0.3) is 27.9 Å². The lowest BCUT2D eigenvalue weighted by Gasteiger charge is -2.07. The molecule has 136 valence electrons. The van der Waals surface area contributed by atoms with Crippen molar-refractivity contribution in [3.8, 4) is 22.3 Å². The number of hydrogen-bond donors (Lipinski definition) is 1. The molecule has 0 atom stereocenters. The molecule has 0 fully saturated rings. The van der Waals surface area contributed by atoms with Crippen LogP contribution < -0.4 is 5.14 Å². The van der Waals surface area contributed by atoms with Crippen LogP contribution in [0.5, 0.6) is 0 Å². The van der Waals surface area contributed by atoms with Crippen LogP contribution in [-0.4, -0.2) is 23.0 Å². The van der Waals surface area contributed by atoms with E-state index in [0.29, 0.717) is 5.65 Å². The normalized spacial score (nSPS) is 11.8. The van der Waals surface area contributed by atoms with E-state index in [1.54, 1.807) is 22.8 Å². The van der Waals surface area contributed by atoms with E-state index in [0.717, 1.165) is 27.8 Å². The van der Waals surface area contributed by atoms with Crippen molar-refractivity contribution in [1.29, 1.82) is 0 Å². The third-order valence-electron chi connectivity index (χ3n) is 4.56. The average molecular weight is 378 g/mol. The molecule has 6 nitrogen and oxygen atoms in total. The molecule has 0 saturated carbocycles. The zero-order valence-electron chi connectivity index (χ0n) is 14.9. The number of aromatic nitrogens is 3. The van der Waals surface area contributed by atoms with Gasteiger partial charge in [-0.05, 0) is 42.7 Å². The molecule has 2 N–H and O–H groups in total. The van der Waals surface area contributed by atoms with Crippen LogP contribution in [0, 0.1) is 13.8 Å². The molecule has 2 aromatic carbocycles. The Morgan fingerprint density at radius 2 is 1.67 bits per heavy atom. The lowest BCUT2D eigenvalue weighted by Crippen LogP contribution is -2.12. The first-order chi connectivity index (χ1) is 12.8. The topological polar surface area (TPSA) is 90.3 Å². The smallest absolute Gasteiger partial charge is 0.236 e. The predicted molar refractivity (Wildman–Crippen MR) is 105 cm³/mol. The minimum atomic E-state index is -3.73. The van der Waals surface area contributed by atoms with Gasteiger partial charge in [-0.3, -0.25) is 0 Å². The van der Waals surface area contributed by atoms with Crippen molar-refractivity contribution < 1.29 is 8.42 Å². The zero-order valence-corrected chi connectivity index (χ0v) is 15.7. The lowest BCUT2D eigenvalue weighted by atomic mass is 10.0. The third-order valence-corrected chi connectivity index (χ3v) is 5.47. The Kier molecular flexibility index (Phi) is 4.05. The molecule has 4 aromatic rings. The van der Waals surface area contributed by atoms with Crippen molar-refractivity contribution in [1.82, 2.24) is 14.6 Å². The van der Waals surface area contributed by atoms with Gasteiger partial charge in [-0.15, -0.1) is 0 Å². The molecule has 0 spiro atoms. The molecule has 0 aliphatic heterocycles. The first-order valence-corrected chi connectivity index (χ1v) is 9.92. The minimum absolute atomic E-state index is 0.0924. The largest absolute Gasteiger partial charge is 0.238 e. The van der Waals surface area contributed by atoms with Crippen LogP contribution in [0.15, 0.2) is 66.0 Å². The van der Waals surface area contributed by atoms with Gasteiger partial charge in [0.25, 0.3) is 0 Å². The van der Waals surface area contributed by atoms with E-state index in [1.807, 2.05) is 19.3 Å². The summed E-state index contributed by atoms with van der Waals surface area (Å²) in [4.78, 5) is 4.68. The van der Waals surface area contributed by atoms with Gasteiger partial charge in [0.05, 0.1) is 11.1 Å². The maximum absolute atomic E-state index is 11.5. The van der Waals surface area contributed by atoms with E-state index in [2.05, 4.69) is 41.3 Å². The van der Waals surface area contributed by atoms with E-state index in [9.17, 15) is 8.42 Å². The molecule has 0 aliphatic carbocycles. The van der Waals surface area contributed by atoms with Gasteiger partial charge in [0.15, 0.2) is 5.65 Å². The number of aryl methyl sites for hydroxylation is 2. The lowest BCUT2D eigenvalue weighted by molar-refractivity contribution is 0.597. The van der Waals surface area contributed by atoms with Crippen molar-refractivity contribution >= 4 is 15.7 Å². The predicted octanol–water partition coefficient (Wildman–Crippen LogP) is 3.33. The summed E-state index contributed by atoms with van der Waals surface area (Å²) in [5.41, 5.74) is 6.45. The summed E-state index contributed by atoms with van der Waals surface area (Å²) in [6.45, 7) is 3.89. The van der Waals surface area contributed by atoms with E-state index in [1.165, 1.54) is 11.6 Å².